The monoisotopic (exact) mass is 587 g/mol. The zero-order chi connectivity index (χ0) is 30.3. The summed E-state index contributed by atoms with van der Waals surface area (Å²) < 4.78 is 35.5. The van der Waals surface area contributed by atoms with Gasteiger partial charge in [0, 0.05) is 31.1 Å². The molecule has 0 radical (unpaired) electrons. The van der Waals surface area contributed by atoms with Crippen molar-refractivity contribution >= 4 is 15.5 Å². The fraction of sp³-hybridized carbons (Fsp3) is 0.647. The molecule has 2 atom stereocenters. The Bertz CT molecular complexity index is 1210. The number of aliphatic hydroxyl groups excluding tert-OH is 1. The minimum absolute atomic E-state index is 0.0206. The second-order valence-corrected chi connectivity index (χ2v) is 14.3. The molecule has 1 N–H and O–H groups in total. The van der Waals surface area contributed by atoms with Crippen molar-refractivity contribution in [3.05, 3.63) is 53.6 Å². The Hall–Kier alpha value is -2.09. The second-order valence-electron chi connectivity index (χ2n) is 12.3. The Morgan fingerprint density at radius 3 is 2.15 bits per heavy atom. The second kappa shape index (κ2) is 14.4. The molecule has 230 valence electrons. The minimum Gasteiger partial charge on any atom is -0.488 e. The number of likely N-dealkylation sites (N-methyl/N-ethyl adjacent to an activating group) is 1. The third kappa shape index (κ3) is 7.47. The molecule has 41 heavy (non-hydrogen) atoms. The smallest absolute Gasteiger partial charge is 0.179 e. The van der Waals surface area contributed by atoms with Crippen LogP contribution in [-0.2, 0) is 9.84 Å². The third-order valence-electron chi connectivity index (χ3n) is 9.72. The largest absolute Gasteiger partial charge is 0.488 e. The number of unbranched alkanes of at least 4 members (excludes halogenated alkanes) is 2. The van der Waals surface area contributed by atoms with E-state index in [2.05, 4.69) is 34.6 Å². The van der Waals surface area contributed by atoms with E-state index in [1.165, 1.54) is 0 Å². The first kappa shape index (κ1) is 33.4. The lowest BCUT2D eigenvalue weighted by atomic mass is 9.68. The van der Waals surface area contributed by atoms with Gasteiger partial charge in [-0.25, -0.2) is 8.42 Å². The number of anilines is 1. The zero-order valence-electron chi connectivity index (χ0n) is 26.7. The summed E-state index contributed by atoms with van der Waals surface area (Å²) in [4.78, 5) is 2.34. The molecule has 0 fully saturated rings. The molecule has 0 bridgehead atoms. The van der Waals surface area contributed by atoms with Gasteiger partial charge in [0.15, 0.2) is 9.84 Å². The van der Waals surface area contributed by atoms with Crippen molar-refractivity contribution in [2.75, 3.05) is 57.5 Å². The maximum Gasteiger partial charge on any atom is 0.179 e. The summed E-state index contributed by atoms with van der Waals surface area (Å²) >= 11 is 0. The van der Waals surface area contributed by atoms with Crippen LogP contribution in [0.5, 0.6) is 5.75 Å². The van der Waals surface area contributed by atoms with Crippen LogP contribution >= 0.6 is 0 Å². The molecule has 2 aromatic carbocycles. The molecule has 1 unspecified atom stereocenters. The zero-order valence-corrected chi connectivity index (χ0v) is 27.5. The van der Waals surface area contributed by atoms with Crippen molar-refractivity contribution in [3.8, 4) is 5.75 Å². The third-order valence-corrected chi connectivity index (χ3v) is 11.7. The van der Waals surface area contributed by atoms with Crippen LogP contribution in [-0.4, -0.2) is 76.7 Å². The fourth-order valence-electron chi connectivity index (χ4n) is 6.69. The molecule has 0 aliphatic carbocycles. The van der Waals surface area contributed by atoms with Gasteiger partial charge < -0.3 is 19.2 Å². The molecule has 0 amide bonds. The maximum atomic E-state index is 14.1. The molecular weight excluding hydrogens is 532 g/mol. The van der Waals surface area contributed by atoms with Gasteiger partial charge in [0.25, 0.3) is 0 Å². The van der Waals surface area contributed by atoms with Crippen LogP contribution in [0.4, 0.5) is 5.69 Å². The van der Waals surface area contributed by atoms with Crippen LogP contribution in [0.1, 0.15) is 90.2 Å². The van der Waals surface area contributed by atoms with Crippen LogP contribution in [0.3, 0.4) is 0 Å². The number of fused-ring (bicyclic) bond motifs is 1. The number of benzene rings is 2. The van der Waals surface area contributed by atoms with E-state index in [0.29, 0.717) is 29.9 Å². The topological polar surface area (TPSA) is 66.8 Å². The van der Waals surface area contributed by atoms with E-state index in [0.717, 1.165) is 73.3 Å². The van der Waals surface area contributed by atoms with E-state index >= 15 is 0 Å². The van der Waals surface area contributed by atoms with Crippen molar-refractivity contribution in [3.63, 3.8) is 0 Å². The highest BCUT2D eigenvalue weighted by molar-refractivity contribution is 7.91. The molecule has 1 aliphatic heterocycles. The molecular formula is C34H55N2O4S+. The number of hydrogen-bond donors (Lipinski definition) is 1. The lowest BCUT2D eigenvalue weighted by molar-refractivity contribution is -0.923. The number of sulfone groups is 1. The van der Waals surface area contributed by atoms with E-state index in [9.17, 15) is 13.5 Å². The molecule has 6 nitrogen and oxygen atoms in total. The van der Waals surface area contributed by atoms with Gasteiger partial charge in [-0.2, -0.15) is 0 Å². The fourth-order valence-corrected chi connectivity index (χ4v) is 8.88. The molecule has 0 saturated heterocycles. The molecule has 1 heterocycles. The van der Waals surface area contributed by atoms with Crippen molar-refractivity contribution in [2.45, 2.75) is 90.1 Å². The summed E-state index contributed by atoms with van der Waals surface area (Å²) in [6.07, 6.45) is 4.23. The molecule has 0 saturated carbocycles. The first-order valence-electron chi connectivity index (χ1n) is 15.8. The van der Waals surface area contributed by atoms with Crippen LogP contribution in [0.15, 0.2) is 47.4 Å². The standard InChI is InChI=1S/C34H55N2O4S/c1-8-13-20-34(21-14-9-2)26-41(38,39)31-19-18-28(35(6)7)25-30(31)32(33(34)37)27-16-15-17-29(24-27)40-23-22-36(10-3,11-4)12-5/h15-19,24-25,32-33,37H,8-14,20-23,26H2,1-7H3/q+1/t32-,33?/m1/s1. The van der Waals surface area contributed by atoms with Crippen molar-refractivity contribution in [1.82, 2.24) is 0 Å². The molecule has 3 rings (SSSR count). The molecule has 1 aliphatic rings. The van der Waals surface area contributed by atoms with Crippen LogP contribution in [0, 0.1) is 5.41 Å². The molecule has 0 aromatic heterocycles. The summed E-state index contributed by atoms with van der Waals surface area (Å²) in [6, 6.07) is 13.6. The number of hydrogen-bond acceptors (Lipinski definition) is 5. The highest BCUT2D eigenvalue weighted by atomic mass is 32.2. The van der Waals surface area contributed by atoms with Gasteiger partial charge in [-0.1, -0.05) is 51.7 Å². The van der Waals surface area contributed by atoms with Gasteiger partial charge in [0.1, 0.15) is 18.9 Å². The van der Waals surface area contributed by atoms with E-state index in [-0.39, 0.29) is 5.75 Å². The lowest BCUT2D eigenvalue weighted by Gasteiger charge is -2.40. The van der Waals surface area contributed by atoms with E-state index in [4.69, 9.17) is 4.74 Å². The summed E-state index contributed by atoms with van der Waals surface area (Å²) in [5.41, 5.74) is 1.80. The highest BCUT2D eigenvalue weighted by Crippen LogP contribution is 2.50. The first-order valence-corrected chi connectivity index (χ1v) is 17.5. The van der Waals surface area contributed by atoms with Gasteiger partial charge >= 0.3 is 0 Å². The maximum absolute atomic E-state index is 14.1. The van der Waals surface area contributed by atoms with Crippen LogP contribution in [0.2, 0.25) is 0 Å². The Morgan fingerprint density at radius 1 is 0.951 bits per heavy atom. The number of nitrogens with zero attached hydrogens (tertiary/aromatic N) is 2. The number of quaternary nitrogens is 1. The van der Waals surface area contributed by atoms with Crippen molar-refractivity contribution in [1.29, 1.82) is 0 Å². The number of aliphatic hydroxyl groups is 1. The predicted molar refractivity (Wildman–Crippen MR) is 171 cm³/mol. The summed E-state index contributed by atoms with van der Waals surface area (Å²) in [7, 11) is 0.294. The Kier molecular flexibility index (Phi) is 11.7. The summed E-state index contributed by atoms with van der Waals surface area (Å²) in [6.45, 7) is 15.7. The molecule has 7 heteroatoms. The predicted octanol–water partition coefficient (Wildman–Crippen LogP) is 6.65. The molecule has 0 spiro atoms. The van der Waals surface area contributed by atoms with Crippen LogP contribution < -0.4 is 9.64 Å². The highest BCUT2D eigenvalue weighted by Gasteiger charge is 2.49. The van der Waals surface area contributed by atoms with E-state index in [1.807, 2.05) is 55.4 Å². The Labute approximate surface area is 250 Å². The van der Waals surface area contributed by atoms with Gasteiger partial charge in [-0.15, -0.1) is 0 Å². The van der Waals surface area contributed by atoms with Gasteiger partial charge in [-0.05, 0) is 75.1 Å². The normalized spacial score (nSPS) is 19.8. The van der Waals surface area contributed by atoms with Gasteiger partial charge in [0.05, 0.1) is 36.4 Å². The van der Waals surface area contributed by atoms with E-state index < -0.39 is 27.3 Å². The summed E-state index contributed by atoms with van der Waals surface area (Å²) in [5.74, 6) is 0.269. The van der Waals surface area contributed by atoms with E-state index in [1.54, 1.807) is 6.07 Å². The van der Waals surface area contributed by atoms with Crippen molar-refractivity contribution < 1.29 is 22.7 Å². The average Bonchev–Trinajstić information content (AvgIpc) is 3.03. The number of ether oxygens (including phenoxy) is 1. The van der Waals surface area contributed by atoms with Gasteiger partial charge in [0.2, 0.25) is 0 Å². The first-order chi connectivity index (χ1) is 19.5. The SMILES string of the molecule is CCCCC1(CCCC)CS(=O)(=O)c2ccc(N(C)C)cc2[C@@H](c2cccc(OCC[N+](CC)(CC)CC)c2)C1O. The van der Waals surface area contributed by atoms with Crippen LogP contribution in [0.25, 0.3) is 0 Å². The quantitative estimate of drug-likeness (QED) is 0.236. The van der Waals surface area contributed by atoms with Gasteiger partial charge in [-0.3, -0.25) is 0 Å². The summed E-state index contributed by atoms with van der Waals surface area (Å²) in [5, 5.41) is 12.4. The lowest BCUT2D eigenvalue weighted by Crippen LogP contribution is -2.49. The number of rotatable bonds is 15. The average molecular weight is 588 g/mol. The molecule has 2 aromatic rings. The Balaban J connectivity index is 2.14. The minimum atomic E-state index is -3.62. The Morgan fingerprint density at radius 2 is 1.59 bits per heavy atom. The van der Waals surface area contributed by atoms with Crippen molar-refractivity contribution in [2.24, 2.45) is 5.41 Å².